The second-order valence-electron chi connectivity index (χ2n) is 11.8. The number of rotatable bonds is 17. The molecule has 11 nitrogen and oxygen atoms in total. The zero-order chi connectivity index (χ0) is 38.0. The van der Waals surface area contributed by atoms with E-state index in [1.807, 2.05) is 44.2 Å². The Morgan fingerprint density at radius 3 is 2.02 bits per heavy atom. The fraction of sp³-hybridized carbons (Fsp3) is 0.316. The fourth-order valence-electron chi connectivity index (χ4n) is 5.46. The molecule has 4 rings (SSSR count). The van der Waals surface area contributed by atoms with E-state index in [-0.39, 0.29) is 51.1 Å². The van der Waals surface area contributed by atoms with Crippen LogP contribution in [0.4, 0.5) is 5.69 Å². The molecule has 52 heavy (non-hydrogen) atoms. The Hall–Kier alpha value is -4.65. The molecular formula is C38H43Cl2N3O8S. The van der Waals surface area contributed by atoms with Gasteiger partial charge in [-0.15, -0.1) is 0 Å². The highest BCUT2D eigenvalue weighted by atomic mass is 35.5. The Morgan fingerprint density at radius 2 is 1.42 bits per heavy atom. The Bertz CT molecular complexity index is 1940. The van der Waals surface area contributed by atoms with Gasteiger partial charge in [0.25, 0.3) is 10.0 Å². The van der Waals surface area contributed by atoms with Gasteiger partial charge in [-0.2, -0.15) is 0 Å². The molecule has 0 aliphatic rings. The summed E-state index contributed by atoms with van der Waals surface area (Å²) in [4.78, 5) is 30.2. The van der Waals surface area contributed by atoms with Crippen LogP contribution in [0.25, 0.3) is 0 Å². The number of nitrogens with one attached hydrogen (secondary N) is 1. The lowest BCUT2D eigenvalue weighted by atomic mass is 10.0. The highest BCUT2D eigenvalue weighted by Crippen LogP contribution is 2.38. The van der Waals surface area contributed by atoms with Crippen LogP contribution < -0.4 is 28.6 Å². The number of carbonyl (C=O) groups is 2. The molecule has 0 unspecified atom stereocenters. The van der Waals surface area contributed by atoms with Crippen molar-refractivity contribution in [1.29, 1.82) is 0 Å². The molecule has 0 aromatic heterocycles. The first-order chi connectivity index (χ1) is 24.9. The van der Waals surface area contributed by atoms with Gasteiger partial charge in [-0.25, -0.2) is 8.42 Å². The molecule has 0 saturated carbocycles. The number of anilines is 1. The molecule has 14 heteroatoms. The first-order valence-corrected chi connectivity index (χ1v) is 18.6. The molecule has 2 atom stereocenters. The number of amides is 2. The summed E-state index contributed by atoms with van der Waals surface area (Å²) in [5.74, 6) is -0.221. The highest BCUT2D eigenvalue weighted by molar-refractivity contribution is 7.92. The summed E-state index contributed by atoms with van der Waals surface area (Å²) in [7, 11) is 1.08. The van der Waals surface area contributed by atoms with Gasteiger partial charge in [-0.3, -0.25) is 13.9 Å². The largest absolute Gasteiger partial charge is 0.497 e. The van der Waals surface area contributed by atoms with Crippen LogP contribution in [0.1, 0.15) is 31.4 Å². The van der Waals surface area contributed by atoms with E-state index in [4.69, 9.17) is 42.1 Å². The molecule has 1 N–H and O–H groups in total. The number of ether oxygens (including phenoxy) is 4. The van der Waals surface area contributed by atoms with Crippen LogP contribution in [0.15, 0.2) is 89.8 Å². The van der Waals surface area contributed by atoms with Crippen LogP contribution in [0.5, 0.6) is 23.0 Å². The first kappa shape index (κ1) is 40.1. The summed E-state index contributed by atoms with van der Waals surface area (Å²) >= 11 is 13.3. The van der Waals surface area contributed by atoms with Gasteiger partial charge in [-0.1, -0.05) is 66.5 Å². The van der Waals surface area contributed by atoms with Crippen LogP contribution in [-0.2, 0) is 32.6 Å². The third-order valence-corrected chi connectivity index (χ3v) is 11.0. The molecular weight excluding hydrogens is 729 g/mol. The maximum atomic E-state index is 14.9. The van der Waals surface area contributed by atoms with Crippen molar-refractivity contribution in [1.82, 2.24) is 10.2 Å². The Labute approximate surface area is 315 Å². The fourth-order valence-corrected chi connectivity index (χ4v) is 7.41. The van der Waals surface area contributed by atoms with E-state index >= 15 is 0 Å². The van der Waals surface area contributed by atoms with E-state index in [9.17, 15) is 18.0 Å². The third kappa shape index (κ3) is 9.41. The van der Waals surface area contributed by atoms with Crippen molar-refractivity contribution in [3.63, 3.8) is 0 Å². The minimum atomic E-state index is -4.55. The summed E-state index contributed by atoms with van der Waals surface area (Å²) in [5.41, 5.74) is 1.19. The van der Waals surface area contributed by atoms with Gasteiger partial charge in [0.15, 0.2) is 11.5 Å². The minimum Gasteiger partial charge on any atom is -0.497 e. The van der Waals surface area contributed by atoms with E-state index in [1.165, 1.54) is 63.7 Å². The van der Waals surface area contributed by atoms with Crippen molar-refractivity contribution in [3.05, 3.63) is 106 Å². The van der Waals surface area contributed by atoms with Gasteiger partial charge in [0.2, 0.25) is 11.8 Å². The van der Waals surface area contributed by atoms with E-state index in [0.717, 1.165) is 9.87 Å². The minimum absolute atomic E-state index is 0.0179. The smallest absolute Gasteiger partial charge is 0.265 e. The van der Waals surface area contributed by atoms with Crippen molar-refractivity contribution >= 4 is 50.7 Å². The summed E-state index contributed by atoms with van der Waals surface area (Å²) in [6.45, 7) is 2.83. The summed E-state index contributed by atoms with van der Waals surface area (Å²) in [6, 6.07) is 21.5. The second kappa shape index (κ2) is 18.2. The maximum Gasteiger partial charge on any atom is 0.265 e. The normalized spacial score (nSPS) is 12.3. The zero-order valence-electron chi connectivity index (χ0n) is 29.9. The molecule has 0 bridgehead atoms. The molecule has 4 aromatic carbocycles. The number of benzene rings is 4. The standard InChI is InChI=1S/C38H43Cl2N3O8S/c1-7-25(2)41-38(45)33(20-26-12-9-8-10-13-26)42(23-29-30(39)14-11-15-31(29)40)37(44)24-43(32-21-27(48-3)16-18-34(32)49-4)52(46,47)28-17-19-35(50-5)36(22-28)51-6/h8-19,21-22,25,33H,7,20,23-24H2,1-6H3,(H,41,45)/t25-,33-/m0/s1. The predicted molar refractivity (Wildman–Crippen MR) is 202 cm³/mol. The predicted octanol–water partition coefficient (Wildman–Crippen LogP) is 6.78. The Morgan fingerprint density at radius 1 is 0.788 bits per heavy atom. The number of sulfonamides is 1. The number of carbonyl (C=O) groups excluding carboxylic acids is 2. The molecule has 0 spiro atoms. The number of methoxy groups -OCH3 is 4. The topological polar surface area (TPSA) is 124 Å². The molecule has 0 saturated heterocycles. The maximum absolute atomic E-state index is 14.9. The lowest BCUT2D eigenvalue weighted by Crippen LogP contribution is -2.54. The molecule has 2 amide bonds. The van der Waals surface area contributed by atoms with E-state index < -0.39 is 34.4 Å². The molecule has 4 aromatic rings. The van der Waals surface area contributed by atoms with Gasteiger partial charge < -0.3 is 29.2 Å². The van der Waals surface area contributed by atoms with E-state index in [0.29, 0.717) is 23.5 Å². The van der Waals surface area contributed by atoms with Gasteiger partial charge in [-0.05, 0) is 55.3 Å². The number of hydrogen-bond acceptors (Lipinski definition) is 8. The molecule has 0 fully saturated rings. The van der Waals surface area contributed by atoms with Gasteiger partial charge in [0, 0.05) is 46.7 Å². The third-order valence-electron chi connectivity index (χ3n) is 8.54. The number of halogens is 2. The Kier molecular flexibility index (Phi) is 14.1. The molecule has 0 aliphatic heterocycles. The van der Waals surface area contributed by atoms with Gasteiger partial charge in [0.1, 0.15) is 24.1 Å². The highest BCUT2D eigenvalue weighted by Gasteiger charge is 2.37. The summed E-state index contributed by atoms with van der Waals surface area (Å²) in [5, 5.41) is 3.55. The average Bonchev–Trinajstić information content (AvgIpc) is 3.15. The van der Waals surface area contributed by atoms with Crippen LogP contribution in [-0.4, -0.2) is 72.2 Å². The average molecular weight is 773 g/mol. The summed E-state index contributed by atoms with van der Waals surface area (Å²) in [6.07, 6.45) is 0.753. The number of nitrogens with zero attached hydrogens (tertiary/aromatic N) is 2. The van der Waals surface area contributed by atoms with E-state index in [2.05, 4.69) is 5.32 Å². The van der Waals surface area contributed by atoms with Crippen molar-refractivity contribution in [2.24, 2.45) is 0 Å². The zero-order valence-corrected chi connectivity index (χ0v) is 32.2. The first-order valence-electron chi connectivity index (χ1n) is 16.4. The molecule has 0 aliphatic carbocycles. The monoisotopic (exact) mass is 771 g/mol. The summed E-state index contributed by atoms with van der Waals surface area (Å²) < 4.78 is 52.1. The van der Waals surface area contributed by atoms with E-state index in [1.54, 1.807) is 24.3 Å². The van der Waals surface area contributed by atoms with Crippen molar-refractivity contribution in [3.8, 4) is 23.0 Å². The molecule has 278 valence electrons. The lowest BCUT2D eigenvalue weighted by molar-refractivity contribution is -0.140. The molecule has 0 heterocycles. The van der Waals surface area contributed by atoms with Gasteiger partial charge >= 0.3 is 0 Å². The lowest BCUT2D eigenvalue weighted by Gasteiger charge is -2.35. The second-order valence-corrected chi connectivity index (χ2v) is 14.5. The SMILES string of the molecule is CC[C@H](C)NC(=O)[C@H](Cc1ccccc1)N(Cc1c(Cl)cccc1Cl)C(=O)CN(c1cc(OC)ccc1OC)S(=O)(=O)c1ccc(OC)c(OC)c1. The van der Waals surface area contributed by atoms with Crippen molar-refractivity contribution in [2.45, 2.75) is 50.2 Å². The van der Waals surface area contributed by atoms with Gasteiger partial charge in [0.05, 0.1) is 39.0 Å². The van der Waals surface area contributed by atoms with Crippen LogP contribution in [0.3, 0.4) is 0 Å². The quantitative estimate of drug-likeness (QED) is 0.125. The van der Waals surface area contributed by atoms with Crippen LogP contribution in [0.2, 0.25) is 10.0 Å². The Balaban J connectivity index is 1.93. The van der Waals surface area contributed by atoms with Crippen molar-refractivity contribution < 1.29 is 37.0 Å². The number of hydrogen-bond donors (Lipinski definition) is 1. The molecule has 0 radical (unpaired) electrons. The van der Waals surface area contributed by atoms with Crippen molar-refractivity contribution in [2.75, 3.05) is 39.3 Å². The van der Waals surface area contributed by atoms with Crippen LogP contribution >= 0.6 is 23.2 Å². The van der Waals surface area contributed by atoms with Crippen LogP contribution in [0, 0.1) is 0 Å².